The van der Waals surface area contributed by atoms with Crippen LogP contribution >= 0.6 is 0 Å². The van der Waals surface area contributed by atoms with Gasteiger partial charge in [0.1, 0.15) is 29.1 Å². The van der Waals surface area contributed by atoms with Crippen molar-refractivity contribution in [2.45, 2.75) is 32.7 Å². The van der Waals surface area contributed by atoms with Gasteiger partial charge in [-0.25, -0.2) is 0 Å². The number of Topliss-reactive ketones (excluding diaryl/α,β-unsaturated/α-hetero) is 1. The SMILES string of the molecule is CCc1ccc(/C(O)=C2/C(=O)C(=O)N(c3cccc(OC(F)(F)F)c3)C2c2ccc(C)o2)cc1. The fraction of sp³-hybridized carbons (Fsp3) is 0.200. The van der Waals surface area contributed by atoms with Crippen molar-refractivity contribution < 1.29 is 37.0 Å². The van der Waals surface area contributed by atoms with Crippen LogP contribution in [0, 0.1) is 6.92 Å². The average molecular weight is 471 g/mol. The number of furan rings is 1. The zero-order chi connectivity index (χ0) is 24.6. The minimum Gasteiger partial charge on any atom is -0.507 e. The van der Waals surface area contributed by atoms with Gasteiger partial charge in [-0.2, -0.15) is 0 Å². The molecule has 0 aliphatic carbocycles. The minimum atomic E-state index is -4.94. The number of nitrogens with zero attached hydrogens (tertiary/aromatic N) is 1. The Morgan fingerprint density at radius 2 is 1.79 bits per heavy atom. The molecule has 4 rings (SSSR count). The van der Waals surface area contributed by atoms with Gasteiger partial charge in [-0.15, -0.1) is 13.2 Å². The summed E-state index contributed by atoms with van der Waals surface area (Å²) in [6.45, 7) is 3.63. The van der Waals surface area contributed by atoms with Crippen LogP contribution in [0.2, 0.25) is 0 Å². The summed E-state index contributed by atoms with van der Waals surface area (Å²) in [7, 11) is 0. The number of carbonyl (C=O) groups excluding carboxylic acids is 2. The van der Waals surface area contributed by atoms with Crippen molar-refractivity contribution in [3.05, 3.63) is 88.9 Å². The molecule has 6 nitrogen and oxygen atoms in total. The molecular formula is C25H20F3NO5. The van der Waals surface area contributed by atoms with Gasteiger partial charge in [0.2, 0.25) is 0 Å². The first kappa shape index (κ1) is 23.2. The highest BCUT2D eigenvalue weighted by Crippen LogP contribution is 2.43. The summed E-state index contributed by atoms with van der Waals surface area (Å²) < 4.78 is 47.8. The fourth-order valence-electron chi connectivity index (χ4n) is 3.85. The number of halogens is 3. The Kier molecular flexibility index (Phi) is 5.95. The topological polar surface area (TPSA) is 80.0 Å². The number of aryl methyl sites for hydroxylation is 2. The maximum atomic E-state index is 13.1. The number of rotatable bonds is 5. The number of carbonyl (C=O) groups is 2. The molecule has 1 aliphatic rings. The summed E-state index contributed by atoms with van der Waals surface area (Å²) in [6.07, 6.45) is -4.16. The summed E-state index contributed by atoms with van der Waals surface area (Å²) in [5.41, 5.74) is 1.07. The van der Waals surface area contributed by atoms with Gasteiger partial charge in [0.25, 0.3) is 11.7 Å². The third kappa shape index (κ3) is 4.41. The van der Waals surface area contributed by atoms with E-state index in [1.165, 1.54) is 12.1 Å². The molecule has 0 radical (unpaired) electrons. The second-order valence-electron chi connectivity index (χ2n) is 7.71. The Labute approximate surface area is 192 Å². The predicted molar refractivity (Wildman–Crippen MR) is 117 cm³/mol. The molecule has 34 heavy (non-hydrogen) atoms. The number of ketones is 1. The second kappa shape index (κ2) is 8.74. The van der Waals surface area contributed by atoms with E-state index in [9.17, 15) is 27.9 Å². The van der Waals surface area contributed by atoms with Crippen LogP contribution in [0.5, 0.6) is 5.75 Å². The van der Waals surface area contributed by atoms with Crippen molar-refractivity contribution >= 4 is 23.1 Å². The monoisotopic (exact) mass is 471 g/mol. The summed E-state index contributed by atoms with van der Waals surface area (Å²) in [5.74, 6) is -2.32. The first-order valence-electron chi connectivity index (χ1n) is 10.4. The van der Waals surface area contributed by atoms with Gasteiger partial charge in [0.05, 0.1) is 5.57 Å². The van der Waals surface area contributed by atoms with E-state index >= 15 is 0 Å². The van der Waals surface area contributed by atoms with E-state index in [0.717, 1.165) is 29.0 Å². The lowest BCUT2D eigenvalue weighted by Crippen LogP contribution is -2.29. The van der Waals surface area contributed by atoms with E-state index in [1.54, 1.807) is 43.3 Å². The van der Waals surface area contributed by atoms with Crippen molar-refractivity contribution in [1.82, 2.24) is 0 Å². The zero-order valence-electron chi connectivity index (χ0n) is 18.2. The third-order valence-corrected chi connectivity index (χ3v) is 5.44. The van der Waals surface area contributed by atoms with Crippen LogP contribution in [0.3, 0.4) is 0 Å². The smallest absolute Gasteiger partial charge is 0.507 e. The van der Waals surface area contributed by atoms with Crippen LogP contribution < -0.4 is 9.64 Å². The summed E-state index contributed by atoms with van der Waals surface area (Å²) in [6, 6.07) is 13.5. The molecule has 1 unspecified atom stereocenters. The Hall–Kier alpha value is -4.01. The van der Waals surface area contributed by atoms with E-state index in [2.05, 4.69) is 4.74 Å². The largest absolute Gasteiger partial charge is 0.573 e. The summed E-state index contributed by atoms with van der Waals surface area (Å²) >= 11 is 0. The van der Waals surface area contributed by atoms with E-state index in [4.69, 9.17) is 4.42 Å². The standard InChI is InChI=1S/C25H20F3NO5/c1-3-15-8-10-16(11-9-15)22(30)20-21(19-12-7-14(2)33-19)29(24(32)23(20)31)17-5-4-6-18(13-17)34-25(26,27)28/h4-13,21,30H,3H2,1-2H3/b22-20-. The van der Waals surface area contributed by atoms with Crippen molar-refractivity contribution in [3.8, 4) is 5.75 Å². The molecule has 2 heterocycles. The average Bonchev–Trinajstić information content (AvgIpc) is 3.33. The molecule has 0 bridgehead atoms. The van der Waals surface area contributed by atoms with E-state index in [0.29, 0.717) is 11.3 Å². The van der Waals surface area contributed by atoms with Crippen molar-refractivity contribution in [1.29, 1.82) is 0 Å². The number of alkyl halides is 3. The van der Waals surface area contributed by atoms with Crippen molar-refractivity contribution in [3.63, 3.8) is 0 Å². The van der Waals surface area contributed by atoms with E-state index in [-0.39, 0.29) is 17.0 Å². The molecule has 1 saturated heterocycles. The number of aliphatic hydroxyl groups excluding tert-OH is 1. The molecule has 176 valence electrons. The van der Waals surface area contributed by atoms with Crippen molar-refractivity contribution in [2.24, 2.45) is 0 Å². The lowest BCUT2D eigenvalue weighted by molar-refractivity contribution is -0.274. The lowest BCUT2D eigenvalue weighted by Gasteiger charge is -2.24. The summed E-state index contributed by atoms with van der Waals surface area (Å²) in [5, 5.41) is 11.0. The normalized spacial score (nSPS) is 17.9. The molecule has 1 aromatic heterocycles. The zero-order valence-corrected chi connectivity index (χ0v) is 18.2. The quantitative estimate of drug-likeness (QED) is 0.294. The third-order valence-electron chi connectivity index (χ3n) is 5.44. The van der Waals surface area contributed by atoms with Gasteiger partial charge in [-0.1, -0.05) is 37.3 Å². The van der Waals surface area contributed by atoms with Crippen molar-refractivity contribution in [2.75, 3.05) is 4.90 Å². The lowest BCUT2D eigenvalue weighted by atomic mass is 9.98. The number of benzene rings is 2. The van der Waals surface area contributed by atoms with Gasteiger partial charge in [-0.3, -0.25) is 14.5 Å². The van der Waals surface area contributed by atoms with Gasteiger partial charge in [0.15, 0.2) is 0 Å². The van der Waals surface area contributed by atoms with E-state index in [1.807, 2.05) is 6.92 Å². The van der Waals surface area contributed by atoms with Crippen LogP contribution in [0.1, 0.15) is 35.6 Å². The molecule has 3 aromatic rings. The number of amides is 1. The number of ether oxygens (including phenoxy) is 1. The Morgan fingerprint density at radius 3 is 2.38 bits per heavy atom. The first-order valence-corrected chi connectivity index (χ1v) is 10.4. The van der Waals surface area contributed by atoms with Gasteiger partial charge < -0.3 is 14.3 Å². The highest BCUT2D eigenvalue weighted by molar-refractivity contribution is 6.51. The van der Waals surface area contributed by atoms with Gasteiger partial charge >= 0.3 is 6.36 Å². The molecule has 1 amide bonds. The van der Waals surface area contributed by atoms with Crippen LogP contribution in [-0.2, 0) is 16.0 Å². The first-order chi connectivity index (χ1) is 16.1. The van der Waals surface area contributed by atoms with Crippen LogP contribution in [0.15, 0.2) is 70.7 Å². The second-order valence-corrected chi connectivity index (χ2v) is 7.71. The molecule has 1 atom stereocenters. The minimum absolute atomic E-state index is 0.0247. The van der Waals surface area contributed by atoms with Crippen LogP contribution in [0.4, 0.5) is 18.9 Å². The molecule has 1 fully saturated rings. The molecular weight excluding hydrogens is 451 g/mol. The molecule has 9 heteroatoms. The highest BCUT2D eigenvalue weighted by Gasteiger charge is 2.48. The van der Waals surface area contributed by atoms with Gasteiger partial charge in [-0.05, 0) is 43.2 Å². The Morgan fingerprint density at radius 1 is 1.09 bits per heavy atom. The highest BCUT2D eigenvalue weighted by atomic mass is 19.4. The number of anilines is 1. The van der Waals surface area contributed by atoms with Crippen LogP contribution in [-0.4, -0.2) is 23.2 Å². The maximum absolute atomic E-state index is 13.1. The number of aliphatic hydroxyl groups is 1. The Balaban J connectivity index is 1.87. The number of hydrogen-bond acceptors (Lipinski definition) is 5. The maximum Gasteiger partial charge on any atom is 0.573 e. The number of hydrogen-bond donors (Lipinski definition) is 1. The predicted octanol–water partition coefficient (Wildman–Crippen LogP) is 5.68. The fourth-order valence-corrected chi connectivity index (χ4v) is 3.85. The molecule has 2 aromatic carbocycles. The Bertz CT molecular complexity index is 1270. The van der Waals surface area contributed by atoms with Gasteiger partial charge in [0, 0.05) is 17.3 Å². The molecule has 0 spiro atoms. The molecule has 0 saturated carbocycles. The van der Waals surface area contributed by atoms with Crippen LogP contribution in [0.25, 0.3) is 5.76 Å². The molecule has 1 aliphatic heterocycles. The van der Waals surface area contributed by atoms with E-state index < -0.39 is 35.6 Å². The molecule has 1 N–H and O–H groups in total. The summed E-state index contributed by atoms with van der Waals surface area (Å²) in [4.78, 5) is 27.1.